The Morgan fingerprint density at radius 1 is 1.25 bits per heavy atom. The lowest BCUT2D eigenvalue weighted by Gasteiger charge is -2.33. The number of nitrogens with one attached hydrogen (secondary N) is 1. The van der Waals surface area contributed by atoms with E-state index < -0.39 is 12.0 Å². The average Bonchev–Trinajstić information content (AvgIpc) is 3.23. The highest BCUT2D eigenvalue weighted by molar-refractivity contribution is 7.09. The molecule has 1 atom stereocenters. The van der Waals surface area contributed by atoms with E-state index in [1.54, 1.807) is 36.5 Å². The number of carbonyl (C=O) groups is 2. The molecule has 4 rings (SSSR count). The van der Waals surface area contributed by atoms with Crippen LogP contribution in [-0.2, 0) is 16.0 Å². The molecular formula is C23H21Cl2N3O3S. The molecule has 1 N–H and O–H groups in total. The molecule has 2 aromatic carbocycles. The fraction of sp³-hybridized carbons (Fsp3) is 0.261. The number of carbonyl (C=O) groups excluding carboxylic acids is 2. The van der Waals surface area contributed by atoms with E-state index in [0.29, 0.717) is 27.2 Å². The van der Waals surface area contributed by atoms with Gasteiger partial charge in [0.25, 0.3) is 5.91 Å². The molecular weight excluding hydrogens is 469 g/mol. The van der Waals surface area contributed by atoms with Gasteiger partial charge in [-0.2, -0.15) is 0 Å². The molecule has 9 heteroatoms. The number of halogens is 2. The molecule has 0 aliphatic carbocycles. The number of aryl methyl sites for hydroxylation is 1. The summed E-state index contributed by atoms with van der Waals surface area (Å²) in [6.45, 7) is 3.59. The molecule has 1 unspecified atom stereocenters. The molecule has 0 bridgehead atoms. The summed E-state index contributed by atoms with van der Waals surface area (Å²) < 4.78 is 5.76. The zero-order valence-electron chi connectivity index (χ0n) is 17.5. The van der Waals surface area contributed by atoms with Gasteiger partial charge in [-0.1, -0.05) is 30.1 Å². The van der Waals surface area contributed by atoms with E-state index in [9.17, 15) is 9.59 Å². The van der Waals surface area contributed by atoms with Crippen molar-refractivity contribution in [1.29, 1.82) is 0 Å². The number of hydrogen-bond donors (Lipinski definition) is 1. The van der Waals surface area contributed by atoms with E-state index in [4.69, 9.17) is 27.9 Å². The molecule has 0 radical (unpaired) electrons. The molecule has 0 saturated carbocycles. The van der Waals surface area contributed by atoms with Crippen LogP contribution in [0.2, 0.25) is 10.0 Å². The molecule has 3 aromatic rings. The van der Waals surface area contributed by atoms with Crippen LogP contribution in [0.3, 0.4) is 0 Å². The molecule has 6 nitrogen and oxygen atoms in total. The van der Waals surface area contributed by atoms with Crippen LogP contribution in [0.15, 0.2) is 41.8 Å². The fourth-order valence-corrected chi connectivity index (χ4v) is 4.67. The molecule has 0 saturated heterocycles. The third-order valence-corrected chi connectivity index (χ3v) is 6.46. The van der Waals surface area contributed by atoms with Gasteiger partial charge in [-0.25, -0.2) is 4.98 Å². The maximum Gasteiger partial charge on any atom is 0.268 e. The Bertz CT molecular complexity index is 1180. The molecule has 32 heavy (non-hydrogen) atoms. The number of amides is 2. The van der Waals surface area contributed by atoms with Crippen molar-refractivity contribution in [3.63, 3.8) is 0 Å². The summed E-state index contributed by atoms with van der Waals surface area (Å²) in [4.78, 5) is 31.8. The lowest BCUT2D eigenvalue weighted by molar-refractivity contribution is -0.127. The van der Waals surface area contributed by atoms with E-state index in [1.165, 1.54) is 4.90 Å². The van der Waals surface area contributed by atoms with Gasteiger partial charge in [0.2, 0.25) is 5.91 Å². The Hall–Kier alpha value is -2.61. The number of rotatable bonds is 6. The molecule has 0 spiro atoms. The third-order valence-electron chi connectivity index (χ3n) is 4.98. The Morgan fingerprint density at radius 2 is 2.06 bits per heavy atom. The van der Waals surface area contributed by atoms with Crippen LogP contribution in [-0.4, -0.2) is 29.4 Å². The maximum absolute atomic E-state index is 12.9. The minimum atomic E-state index is -0.702. The van der Waals surface area contributed by atoms with Crippen molar-refractivity contribution >= 4 is 57.7 Å². The average molecular weight is 490 g/mol. The first-order valence-corrected chi connectivity index (χ1v) is 11.8. The Balaban J connectivity index is 1.61. The lowest BCUT2D eigenvalue weighted by Crippen LogP contribution is -2.47. The topological polar surface area (TPSA) is 71.5 Å². The van der Waals surface area contributed by atoms with Gasteiger partial charge < -0.3 is 10.1 Å². The molecule has 2 heterocycles. The van der Waals surface area contributed by atoms with Gasteiger partial charge in [0, 0.05) is 16.0 Å². The summed E-state index contributed by atoms with van der Waals surface area (Å²) in [6, 6.07) is 10.4. The second-order valence-electron chi connectivity index (χ2n) is 7.42. The van der Waals surface area contributed by atoms with Gasteiger partial charge in [0.15, 0.2) is 6.10 Å². The van der Waals surface area contributed by atoms with Crippen molar-refractivity contribution in [2.45, 2.75) is 32.8 Å². The molecule has 1 aromatic heterocycles. The van der Waals surface area contributed by atoms with Crippen LogP contribution in [0, 0.1) is 0 Å². The van der Waals surface area contributed by atoms with Gasteiger partial charge in [-0.05, 0) is 56.2 Å². The molecule has 2 amide bonds. The molecule has 166 valence electrons. The van der Waals surface area contributed by atoms with E-state index in [1.807, 2.05) is 23.6 Å². The normalized spacial score (nSPS) is 15.3. The number of thiazole rings is 1. The Kier molecular flexibility index (Phi) is 6.69. The summed E-state index contributed by atoms with van der Waals surface area (Å²) >= 11 is 13.8. The monoisotopic (exact) mass is 489 g/mol. The van der Waals surface area contributed by atoms with E-state index >= 15 is 0 Å². The minimum Gasteiger partial charge on any atom is -0.479 e. The highest BCUT2D eigenvalue weighted by atomic mass is 35.5. The zero-order valence-corrected chi connectivity index (χ0v) is 19.9. The highest BCUT2D eigenvalue weighted by Gasteiger charge is 2.33. The first-order chi connectivity index (χ1) is 15.4. The number of hydrogen-bond acceptors (Lipinski definition) is 5. The summed E-state index contributed by atoms with van der Waals surface area (Å²) in [7, 11) is 0. The maximum atomic E-state index is 12.9. The van der Waals surface area contributed by atoms with Gasteiger partial charge >= 0.3 is 0 Å². The second kappa shape index (κ2) is 9.48. The smallest absolute Gasteiger partial charge is 0.268 e. The van der Waals surface area contributed by atoms with Gasteiger partial charge in [0.05, 0.1) is 27.1 Å². The van der Waals surface area contributed by atoms with E-state index in [0.717, 1.165) is 29.1 Å². The summed E-state index contributed by atoms with van der Waals surface area (Å²) in [6.07, 6.45) is 1.25. The first-order valence-electron chi connectivity index (χ1n) is 10.2. The first kappa shape index (κ1) is 22.6. The number of benzene rings is 2. The summed E-state index contributed by atoms with van der Waals surface area (Å²) in [5.74, 6) is -0.155. The van der Waals surface area contributed by atoms with Crippen molar-refractivity contribution in [2.24, 2.45) is 0 Å². The fourth-order valence-electron chi connectivity index (χ4n) is 3.43. The minimum absolute atomic E-state index is 0.190. The van der Waals surface area contributed by atoms with Crippen LogP contribution < -0.4 is 15.0 Å². The largest absolute Gasteiger partial charge is 0.479 e. The zero-order chi connectivity index (χ0) is 22.8. The molecule has 1 aliphatic heterocycles. The number of ether oxygens (including phenoxy) is 1. The van der Waals surface area contributed by atoms with E-state index in [2.05, 4.69) is 17.2 Å². The van der Waals surface area contributed by atoms with Crippen molar-refractivity contribution in [3.8, 4) is 17.0 Å². The second-order valence-corrected chi connectivity index (χ2v) is 9.20. The van der Waals surface area contributed by atoms with Crippen molar-refractivity contribution in [1.82, 2.24) is 4.98 Å². The predicted octanol–water partition coefficient (Wildman–Crippen LogP) is 5.82. The molecule has 0 fully saturated rings. The van der Waals surface area contributed by atoms with Gasteiger partial charge in [0.1, 0.15) is 12.3 Å². The lowest BCUT2D eigenvalue weighted by atomic mass is 10.1. The van der Waals surface area contributed by atoms with Crippen LogP contribution in [0.1, 0.15) is 25.3 Å². The van der Waals surface area contributed by atoms with Crippen molar-refractivity contribution in [3.05, 3.63) is 56.8 Å². The summed E-state index contributed by atoms with van der Waals surface area (Å²) in [5.41, 5.74) is 2.61. The Morgan fingerprint density at radius 3 is 2.84 bits per heavy atom. The highest BCUT2D eigenvalue weighted by Crippen LogP contribution is 2.38. The number of nitrogens with zero attached hydrogens (tertiary/aromatic N) is 2. The van der Waals surface area contributed by atoms with Crippen LogP contribution >= 0.6 is 34.5 Å². The number of fused-ring (bicyclic) bond motifs is 1. The van der Waals surface area contributed by atoms with Crippen LogP contribution in [0.25, 0.3) is 11.3 Å². The SMILES string of the molecule is CCCc1nc(-c2ccc3c(c2)N(CC(=O)Nc2cc(Cl)ccc2Cl)C(=O)C(C)O3)cs1. The molecule has 1 aliphatic rings. The van der Waals surface area contributed by atoms with Crippen molar-refractivity contribution < 1.29 is 14.3 Å². The predicted molar refractivity (Wildman–Crippen MR) is 129 cm³/mol. The standard InChI is InChI=1S/C23H21Cl2N3O3S/c1-3-4-22-27-18(12-32-22)14-5-8-20-19(9-14)28(23(30)13(2)31-20)11-21(29)26-17-10-15(24)6-7-16(17)25/h5-10,12-13H,3-4,11H2,1-2H3,(H,26,29). The van der Waals surface area contributed by atoms with Crippen molar-refractivity contribution in [2.75, 3.05) is 16.8 Å². The van der Waals surface area contributed by atoms with E-state index in [-0.39, 0.29) is 12.5 Å². The Labute approximate surface area is 200 Å². The quantitative estimate of drug-likeness (QED) is 0.473. The van der Waals surface area contributed by atoms with Crippen LogP contribution in [0.5, 0.6) is 5.75 Å². The van der Waals surface area contributed by atoms with Gasteiger partial charge in [-0.15, -0.1) is 11.3 Å². The van der Waals surface area contributed by atoms with Gasteiger partial charge in [-0.3, -0.25) is 14.5 Å². The summed E-state index contributed by atoms with van der Waals surface area (Å²) in [5, 5.41) is 6.60. The number of aromatic nitrogens is 1. The number of anilines is 2. The third kappa shape index (κ3) is 4.75. The van der Waals surface area contributed by atoms with Crippen LogP contribution in [0.4, 0.5) is 11.4 Å².